The van der Waals surface area contributed by atoms with Crippen LogP contribution in [0.25, 0.3) is 0 Å². The van der Waals surface area contributed by atoms with Gasteiger partial charge in [0.1, 0.15) is 12.2 Å². The Balaban J connectivity index is 1.70. The summed E-state index contributed by atoms with van der Waals surface area (Å²) in [5.74, 6) is 0.351. The van der Waals surface area contributed by atoms with E-state index in [0.717, 1.165) is 25.7 Å². The standard InChI is InChI=1S/C21H28O4/c1-11-4-6-14-13(10-11)5-7-16-15(14)8-9-21(3)17(16)18(23)19(24)20(21)25-12(2)22/h4,6,10,15-20,23-24H,5,7-9H2,1-3H3/t15?,16?,17?,18?,19-,20?,21+/m1/s1. The smallest absolute Gasteiger partial charge is 0.303 e. The highest BCUT2D eigenvalue weighted by Crippen LogP contribution is 2.61. The van der Waals surface area contributed by atoms with Crippen LogP contribution in [0, 0.1) is 24.2 Å². The zero-order valence-corrected chi connectivity index (χ0v) is 15.2. The number of rotatable bonds is 1. The molecular weight excluding hydrogens is 316 g/mol. The Morgan fingerprint density at radius 3 is 2.72 bits per heavy atom. The number of ether oxygens (including phenoxy) is 1. The second-order valence-corrected chi connectivity index (χ2v) is 8.59. The summed E-state index contributed by atoms with van der Waals surface area (Å²) >= 11 is 0. The average molecular weight is 344 g/mol. The van der Waals surface area contributed by atoms with Crippen molar-refractivity contribution in [3.8, 4) is 0 Å². The monoisotopic (exact) mass is 344 g/mol. The van der Waals surface area contributed by atoms with Crippen molar-refractivity contribution in [2.45, 2.75) is 70.7 Å². The van der Waals surface area contributed by atoms with Crippen molar-refractivity contribution in [3.05, 3.63) is 34.9 Å². The molecule has 4 nitrogen and oxygen atoms in total. The molecule has 1 aromatic rings. The third-order valence-corrected chi connectivity index (χ3v) is 7.15. The molecule has 7 atom stereocenters. The van der Waals surface area contributed by atoms with Gasteiger partial charge in [-0.2, -0.15) is 0 Å². The zero-order valence-electron chi connectivity index (χ0n) is 15.2. The van der Waals surface area contributed by atoms with Crippen molar-refractivity contribution in [3.63, 3.8) is 0 Å². The highest BCUT2D eigenvalue weighted by molar-refractivity contribution is 5.66. The summed E-state index contributed by atoms with van der Waals surface area (Å²) in [5.41, 5.74) is 3.80. The first-order valence-electron chi connectivity index (χ1n) is 9.45. The van der Waals surface area contributed by atoms with Gasteiger partial charge in [-0.15, -0.1) is 0 Å². The SMILES string of the molecule is CC(=O)OC1[C@H](O)C(O)C2C3CCc4cc(C)ccc4C3CC[C@@]21C. The van der Waals surface area contributed by atoms with Crippen LogP contribution >= 0.6 is 0 Å². The minimum absolute atomic E-state index is 0.0277. The van der Waals surface area contributed by atoms with E-state index in [9.17, 15) is 15.0 Å². The van der Waals surface area contributed by atoms with E-state index < -0.39 is 18.3 Å². The fourth-order valence-corrected chi connectivity index (χ4v) is 6.13. The first-order chi connectivity index (χ1) is 11.8. The molecule has 136 valence electrons. The van der Waals surface area contributed by atoms with Crippen LogP contribution in [0.2, 0.25) is 0 Å². The highest BCUT2D eigenvalue weighted by atomic mass is 16.6. The van der Waals surface area contributed by atoms with Crippen molar-refractivity contribution >= 4 is 5.97 Å². The zero-order chi connectivity index (χ0) is 17.9. The Kier molecular flexibility index (Phi) is 3.97. The van der Waals surface area contributed by atoms with Crippen molar-refractivity contribution in [1.82, 2.24) is 0 Å². The molecule has 0 amide bonds. The number of hydrogen-bond acceptors (Lipinski definition) is 4. The van der Waals surface area contributed by atoms with E-state index in [-0.39, 0.29) is 17.3 Å². The Morgan fingerprint density at radius 2 is 2.00 bits per heavy atom. The predicted molar refractivity (Wildman–Crippen MR) is 94.1 cm³/mol. The quantitative estimate of drug-likeness (QED) is 0.769. The number of esters is 1. The lowest BCUT2D eigenvalue weighted by molar-refractivity contribution is -0.161. The number of carbonyl (C=O) groups is 1. The summed E-state index contributed by atoms with van der Waals surface area (Å²) in [6, 6.07) is 6.73. The Bertz CT molecular complexity index is 699. The normalized spacial score (nSPS) is 42.3. The van der Waals surface area contributed by atoms with Crippen LogP contribution in [-0.4, -0.2) is 34.5 Å². The Labute approximate surface area is 149 Å². The summed E-state index contributed by atoms with van der Waals surface area (Å²) in [7, 11) is 0. The van der Waals surface area contributed by atoms with Gasteiger partial charge in [0, 0.05) is 12.3 Å². The molecule has 0 aliphatic heterocycles. The lowest BCUT2D eigenvalue weighted by Crippen LogP contribution is -2.47. The average Bonchev–Trinajstić information content (AvgIpc) is 2.75. The molecular formula is C21H28O4. The van der Waals surface area contributed by atoms with Gasteiger partial charge in [-0.1, -0.05) is 30.7 Å². The minimum atomic E-state index is -0.989. The van der Waals surface area contributed by atoms with Gasteiger partial charge < -0.3 is 14.9 Å². The first-order valence-corrected chi connectivity index (χ1v) is 9.45. The molecule has 0 spiro atoms. The second kappa shape index (κ2) is 5.82. The van der Waals surface area contributed by atoms with Gasteiger partial charge in [0.15, 0.2) is 0 Å². The van der Waals surface area contributed by atoms with E-state index in [1.54, 1.807) is 0 Å². The van der Waals surface area contributed by atoms with E-state index in [2.05, 4.69) is 32.0 Å². The molecule has 5 unspecified atom stereocenters. The van der Waals surface area contributed by atoms with Gasteiger partial charge in [0.05, 0.1) is 6.10 Å². The van der Waals surface area contributed by atoms with Crippen LogP contribution in [0.15, 0.2) is 18.2 Å². The van der Waals surface area contributed by atoms with Crippen LogP contribution in [0.4, 0.5) is 0 Å². The lowest BCUT2D eigenvalue weighted by atomic mass is 9.55. The first kappa shape index (κ1) is 17.0. The largest absolute Gasteiger partial charge is 0.459 e. The fourth-order valence-electron chi connectivity index (χ4n) is 6.13. The van der Waals surface area contributed by atoms with Crippen molar-refractivity contribution in [2.75, 3.05) is 0 Å². The van der Waals surface area contributed by atoms with Gasteiger partial charge >= 0.3 is 5.97 Å². The topological polar surface area (TPSA) is 66.8 Å². The molecule has 3 aliphatic carbocycles. The maximum atomic E-state index is 11.5. The van der Waals surface area contributed by atoms with Gasteiger partial charge in [0.2, 0.25) is 0 Å². The minimum Gasteiger partial charge on any atom is -0.459 e. The van der Waals surface area contributed by atoms with Gasteiger partial charge in [0.25, 0.3) is 0 Å². The maximum Gasteiger partial charge on any atom is 0.303 e. The van der Waals surface area contributed by atoms with Gasteiger partial charge in [-0.05, 0) is 61.5 Å². The summed E-state index contributed by atoms with van der Waals surface area (Å²) in [6.45, 7) is 5.59. The molecule has 0 aromatic heterocycles. The third kappa shape index (κ3) is 2.45. The number of benzene rings is 1. The summed E-state index contributed by atoms with van der Waals surface area (Å²) < 4.78 is 5.48. The molecule has 2 saturated carbocycles. The van der Waals surface area contributed by atoms with Crippen LogP contribution in [0.5, 0.6) is 0 Å². The summed E-state index contributed by atoms with van der Waals surface area (Å²) in [4.78, 5) is 11.5. The molecule has 2 N–H and O–H groups in total. The maximum absolute atomic E-state index is 11.5. The number of aliphatic hydroxyl groups excluding tert-OH is 2. The van der Waals surface area contributed by atoms with Crippen LogP contribution in [0.1, 0.15) is 55.7 Å². The highest BCUT2D eigenvalue weighted by Gasteiger charge is 2.64. The van der Waals surface area contributed by atoms with E-state index in [1.807, 2.05) is 0 Å². The van der Waals surface area contributed by atoms with E-state index >= 15 is 0 Å². The predicted octanol–water partition coefficient (Wildman–Crippen LogP) is 2.72. The number of carbonyl (C=O) groups excluding carboxylic acids is 1. The molecule has 4 heteroatoms. The summed E-state index contributed by atoms with van der Waals surface area (Å²) in [6.07, 6.45) is 1.50. The number of hydrogen-bond donors (Lipinski definition) is 2. The van der Waals surface area contributed by atoms with Crippen LogP contribution in [0.3, 0.4) is 0 Å². The van der Waals surface area contributed by atoms with Crippen LogP contribution < -0.4 is 0 Å². The van der Waals surface area contributed by atoms with E-state index in [4.69, 9.17) is 4.74 Å². The number of aryl methyl sites for hydroxylation is 2. The molecule has 4 rings (SSSR count). The fraction of sp³-hybridized carbons (Fsp3) is 0.667. The molecule has 3 aliphatic rings. The molecule has 2 fully saturated rings. The van der Waals surface area contributed by atoms with E-state index in [1.165, 1.54) is 23.6 Å². The third-order valence-electron chi connectivity index (χ3n) is 7.15. The molecule has 0 radical (unpaired) electrons. The molecule has 1 aromatic carbocycles. The lowest BCUT2D eigenvalue weighted by Gasteiger charge is -2.50. The van der Waals surface area contributed by atoms with E-state index in [0.29, 0.717) is 11.8 Å². The second-order valence-electron chi connectivity index (χ2n) is 8.59. The van der Waals surface area contributed by atoms with Crippen molar-refractivity contribution in [2.24, 2.45) is 17.3 Å². The molecule has 0 bridgehead atoms. The van der Waals surface area contributed by atoms with Gasteiger partial charge in [-0.3, -0.25) is 4.79 Å². The number of fused-ring (bicyclic) bond motifs is 5. The van der Waals surface area contributed by atoms with Crippen molar-refractivity contribution in [1.29, 1.82) is 0 Å². The molecule has 25 heavy (non-hydrogen) atoms. The number of aliphatic hydroxyl groups is 2. The van der Waals surface area contributed by atoms with Crippen molar-refractivity contribution < 1.29 is 19.7 Å². The van der Waals surface area contributed by atoms with Gasteiger partial charge in [-0.25, -0.2) is 0 Å². The van der Waals surface area contributed by atoms with Crippen LogP contribution in [-0.2, 0) is 16.0 Å². The Hall–Kier alpha value is -1.39. The molecule has 0 heterocycles. The summed E-state index contributed by atoms with van der Waals surface area (Å²) in [5, 5.41) is 21.4. The Morgan fingerprint density at radius 1 is 1.24 bits per heavy atom. The molecule has 0 saturated heterocycles.